The predicted molar refractivity (Wildman–Crippen MR) is 68.2 cm³/mol. The molecule has 0 bridgehead atoms. The lowest BCUT2D eigenvalue weighted by Crippen LogP contribution is -2.23. The SMILES string of the molecule is CCCSCC(N)CCc1ccsc1. The summed E-state index contributed by atoms with van der Waals surface area (Å²) in [5.41, 5.74) is 7.45. The van der Waals surface area contributed by atoms with Crippen molar-refractivity contribution in [3.8, 4) is 0 Å². The second-order valence-corrected chi connectivity index (χ2v) is 5.44. The molecule has 80 valence electrons. The number of hydrogen-bond acceptors (Lipinski definition) is 3. The van der Waals surface area contributed by atoms with Crippen LogP contribution in [0.5, 0.6) is 0 Å². The van der Waals surface area contributed by atoms with Crippen molar-refractivity contribution in [2.24, 2.45) is 5.73 Å². The van der Waals surface area contributed by atoms with E-state index in [0.29, 0.717) is 6.04 Å². The highest BCUT2D eigenvalue weighted by molar-refractivity contribution is 7.99. The van der Waals surface area contributed by atoms with Gasteiger partial charge >= 0.3 is 0 Å². The van der Waals surface area contributed by atoms with Crippen molar-refractivity contribution < 1.29 is 0 Å². The summed E-state index contributed by atoms with van der Waals surface area (Å²) in [6.45, 7) is 2.21. The Balaban J connectivity index is 2.06. The van der Waals surface area contributed by atoms with Crippen LogP contribution in [0.15, 0.2) is 16.8 Å². The number of thioether (sulfide) groups is 1. The van der Waals surface area contributed by atoms with E-state index < -0.39 is 0 Å². The van der Waals surface area contributed by atoms with E-state index in [-0.39, 0.29) is 0 Å². The predicted octanol–water partition coefficient (Wildman–Crippen LogP) is 3.15. The molecule has 1 aromatic heterocycles. The number of thiophene rings is 1. The first-order chi connectivity index (χ1) is 6.83. The molecule has 1 unspecified atom stereocenters. The van der Waals surface area contributed by atoms with Gasteiger partial charge in [0.25, 0.3) is 0 Å². The van der Waals surface area contributed by atoms with Gasteiger partial charge in [0.15, 0.2) is 0 Å². The molecule has 0 aliphatic heterocycles. The zero-order chi connectivity index (χ0) is 10.2. The number of rotatable bonds is 7. The molecular formula is C11H19NS2. The van der Waals surface area contributed by atoms with Gasteiger partial charge in [-0.15, -0.1) is 0 Å². The smallest absolute Gasteiger partial charge is 0.0133 e. The Hall–Kier alpha value is 0.01000. The molecular weight excluding hydrogens is 210 g/mol. The third-order valence-corrected chi connectivity index (χ3v) is 4.16. The molecule has 0 saturated carbocycles. The molecule has 0 saturated heterocycles. The quantitative estimate of drug-likeness (QED) is 0.727. The summed E-state index contributed by atoms with van der Waals surface area (Å²) in [4.78, 5) is 0. The number of aryl methyl sites for hydroxylation is 1. The summed E-state index contributed by atoms with van der Waals surface area (Å²) in [5, 5.41) is 4.35. The molecule has 1 atom stereocenters. The summed E-state index contributed by atoms with van der Waals surface area (Å²) in [7, 11) is 0. The lowest BCUT2D eigenvalue weighted by atomic mass is 10.1. The highest BCUT2D eigenvalue weighted by Crippen LogP contribution is 2.11. The summed E-state index contributed by atoms with van der Waals surface area (Å²) < 4.78 is 0. The van der Waals surface area contributed by atoms with Crippen LogP contribution >= 0.6 is 23.1 Å². The first kappa shape index (κ1) is 12.1. The van der Waals surface area contributed by atoms with Crippen LogP contribution in [0.1, 0.15) is 25.3 Å². The van der Waals surface area contributed by atoms with Gasteiger partial charge < -0.3 is 5.73 Å². The van der Waals surface area contributed by atoms with Gasteiger partial charge in [0, 0.05) is 11.8 Å². The molecule has 0 amide bonds. The fourth-order valence-electron chi connectivity index (χ4n) is 1.25. The van der Waals surface area contributed by atoms with Crippen LogP contribution in [-0.2, 0) is 6.42 Å². The third kappa shape index (κ3) is 5.03. The van der Waals surface area contributed by atoms with Gasteiger partial charge in [0.2, 0.25) is 0 Å². The van der Waals surface area contributed by atoms with E-state index >= 15 is 0 Å². The fraction of sp³-hybridized carbons (Fsp3) is 0.636. The fourth-order valence-corrected chi connectivity index (χ4v) is 2.88. The maximum atomic E-state index is 6.01. The summed E-state index contributed by atoms with van der Waals surface area (Å²) in [6, 6.07) is 2.56. The van der Waals surface area contributed by atoms with Crippen LogP contribution < -0.4 is 5.73 Å². The Morgan fingerprint density at radius 2 is 2.43 bits per heavy atom. The topological polar surface area (TPSA) is 26.0 Å². The van der Waals surface area contributed by atoms with Crippen LogP contribution in [0, 0.1) is 0 Å². The Kier molecular flexibility index (Phi) is 6.32. The monoisotopic (exact) mass is 229 g/mol. The minimum absolute atomic E-state index is 0.367. The number of hydrogen-bond donors (Lipinski definition) is 1. The lowest BCUT2D eigenvalue weighted by Gasteiger charge is -2.09. The second kappa shape index (κ2) is 7.32. The molecule has 2 N–H and O–H groups in total. The summed E-state index contributed by atoms with van der Waals surface area (Å²) >= 11 is 3.74. The molecule has 0 fully saturated rings. The standard InChI is InChI=1S/C11H19NS2/c1-2-6-13-9-11(12)4-3-10-5-7-14-8-10/h5,7-8,11H,2-4,6,9,12H2,1H3. The van der Waals surface area contributed by atoms with Crippen molar-refractivity contribution in [2.75, 3.05) is 11.5 Å². The van der Waals surface area contributed by atoms with E-state index in [9.17, 15) is 0 Å². The molecule has 1 rings (SSSR count). The van der Waals surface area contributed by atoms with Gasteiger partial charge in [0.05, 0.1) is 0 Å². The maximum Gasteiger partial charge on any atom is 0.0133 e. The molecule has 14 heavy (non-hydrogen) atoms. The zero-order valence-corrected chi connectivity index (χ0v) is 10.4. The van der Waals surface area contributed by atoms with E-state index in [2.05, 4.69) is 23.8 Å². The zero-order valence-electron chi connectivity index (χ0n) is 8.74. The molecule has 0 aliphatic carbocycles. The molecule has 1 heterocycles. The largest absolute Gasteiger partial charge is 0.327 e. The molecule has 3 heteroatoms. The van der Waals surface area contributed by atoms with Crippen LogP contribution in [0.2, 0.25) is 0 Å². The van der Waals surface area contributed by atoms with E-state index in [1.54, 1.807) is 11.3 Å². The highest BCUT2D eigenvalue weighted by atomic mass is 32.2. The summed E-state index contributed by atoms with van der Waals surface area (Å²) in [6.07, 6.45) is 3.51. The van der Waals surface area contributed by atoms with E-state index in [4.69, 9.17) is 5.73 Å². The van der Waals surface area contributed by atoms with E-state index in [1.807, 2.05) is 11.8 Å². The van der Waals surface area contributed by atoms with E-state index in [1.165, 1.54) is 17.7 Å². The van der Waals surface area contributed by atoms with Crippen molar-refractivity contribution in [2.45, 2.75) is 32.2 Å². The first-order valence-corrected chi connectivity index (χ1v) is 7.27. The lowest BCUT2D eigenvalue weighted by molar-refractivity contribution is 0.675. The Bertz CT molecular complexity index is 221. The van der Waals surface area contributed by atoms with Crippen LogP contribution in [0.3, 0.4) is 0 Å². The minimum atomic E-state index is 0.367. The third-order valence-electron chi connectivity index (χ3n) is 2.06. The molecule has 0 spiro atoms. The average molecular weight is 229 g/mol. The first-order valence-electron chi connectivity index (χ1n) is 5.17. The Morgan fingerprint density at radius 3 is 3.07 bits per heavy atom. The van der Waals surface area contributed by atoms with Crippen molar-refractivity contribution in [3.63, 3.8) is 0 Å². The van der Waals surface area contributed by atoms with E-state index in [0.717, 1.165) is 18.6 Å². The molecule has 1 nitrogen and oxygen atoms in total. The molecule has 1 aromatic rings. The molecule has 0 radical (unpaired) electrons. The number of nitrogens with two attached hydrogens (primary N) is 1. The van der Waals surface area contributed by atoms with Crippen molar-refractivity contribution in [3.05, 3.63) is 22.4 Å². The van der Waals surface area contributed by atoms with Crippen molar-refractivity contribution >= 4 is 23.1 Å². The van der Waals surface area contributed by atoms with Crippen LogP contribution in [-0.4, -0.2) is 17.5 Å². The Labute approximate surface area is 95.1 Å². The van der Waals surface area contributed by atoms with Crippen LogP contribution in [0.25, 0.3) is 0 Å². The summed E-state index contributed by atoms with van der Waals surface area (Å²) in [5.74, 6) is 2.35. The normalized spacial score (nSPS) is 13.0. The van der Waals surface area contributed by atoms with Gasteiger partial charge in [-0.3, -0.25) is 0 Å². The van der Waals surface area contributed by atoms with Gasteiger partial charge in [-0.2, -0.15) is 23.1 Å². The van der Waals surface area contributed by atoms with Crippen molar-refractivity contribution in [1.82, 2.24) is 0 Å². The highest BCUT2D eigenvalue weighted by Gasteiger charge is 2.03. The van der Waals surface area contributed by atoms with Gasteiger partial charge in [-0.25, -0.2) is 0 Å². The minimum Gasteiger partial charge on any atom is -0.327 e. The van der Waals surface area contributed by atoms with Crippen molar-refractivity contribution in [1.29, 1.82) is 0 Å². The van der Waals surface area contributed by atoms with Crippen LogP contribution in [0.4, 0.5) is 0 Å². The van der Waals surface area contributed by atoms with Gasteiger partial charge in [0.1, 0.15) is 0 Å². The second-order valence-electron chi connectivity index (χ2n) is 3.51. The maximum absolute atomic E-state index is 6.01. The average Bonchev–Trinajstić information content (AvgIpc) is 2.68. The molecule has 0 aliphatic rings. The Morgan fingerprint density at radius 1 is 1.57 bits per heavy atom. The molecule has 0 aromatic carbocycles. The van der Waals surface area contributed by atoms with Gasteiger partial charge in [-0.1, -0.05) is 6.92 Å². The van der Waals surface area contributed by atoms with Gasteiger partial charge in [-0.05, 0) is 47.4 Å².